The summed E-state index contributed by atoms with van der Waals surface area (Å²) in [6.07, 6.45) is 3.36. The molecule has 5 nitrogen and oxygen atoms in total. The van der Waals surface area contributed by atoms with Crippen molar-refractivity contribution < 1.29 is 15.0 Å². The van der Waals surface area contributed by atoms with Gasteiger partial charge in [-0.1, -0.05) is 0 Å². The van der Waals surface area contributed by atoms with Gasteiger partial charge in [-0.15, -0.1) is 0 Å². The Morgan fingerprint density at radius 2 is 2.12 bits per heavy atom. The second kappa shape index (κ2) is 4.14. The van der Waals surface area contributed by atoms with Crippen LogP contribution >= 0.6 is 0 Å². The number of hydrogen-bond donors (Lipinski definition) is 2. The van der Waals surface area contributed by atoms with Crippen molar-refractivity contribution in [2.24, 2.45) is 7.05 Å². The fraction of sp³-hybridized carbons (Fsp3) is 0.667. The van der Waals surface area contributed by atoms with Crippen LogP contribution < -0.4 is 0 Å². The summed E-state index contributed by atoms with van der Waals surface area (Å²) >= 11 is 0. The zero-order valence-electron chi connectivity index (χ0n) is 10.2. The number of aromatic nitrogens is 2. The number of carboxylic acid groups (broad SMARTS) is 1. The van der Waals surface area contributed by atoms with Crippen molar-refractivity contribution >= 4 is 5.97 Å². The van der Waals surface area contributed by atoms with E-state index in [0.717, 1.165) is 11.3 Å². The van der Waals surface area contributed by atoms with E-state index in [-0.39, 0.29) is 6.10 Å². The van der Waals surface area contributed by atoms with E-state index < -0.39 is 11.4 Å². The van der Waals surface area contributed by atoms with Gasteiger partial charge in [-0.3, -0.25) is 9.48 Å². The molecule has 5 heteroatoms. The van der Waals surface area contributed by atoms with Gasteiger partial charge in [0.15, 0.2) is 0 Å². The molecule has 94 valence electrons. The summed E-state index contributed by atoms with van der Waals surface area (Å²) in [6.45, 7) is 1.89. The van der Waals surface area contributed by atoms with Crippen LogP contribution in [0.25, 0.3) is 0 Å². The summed E-state index contributed by atoms with van der Waals surface area (Å²) < 4.78 is 1.65. The molecule has 0 amide bonds. The van der Waals surface area contributed by atoms with Gasteiger partial charge in [-0.2, -0.15) is 5.10 Å². The van der Waals surface area contributed by atoms with Gasteiger partial charge in [0.1, 0.15) is 5.41 Å². The largest absolute Gasteiger partial charge is 0.481 e. The molecule has 0 atom stereocenters. The minimum atomic E-state index is -0.880. The summed E-state index contributed by atoms with van der Waals surface area (Å²) in [7, 11) is 1.78. The standard InChI is InChI=1S/C12H18N2O3/c1-8-7-13-14(2)10(8)12(11(16)17)5-3-9(15)4-6-12/h7,9,15H,3-6H2,1-2H3,(H,16,17). The van der Waals surface area contributed by atoms with Crippen molar-refractivity contribution in [2.45, 2.75) is 44.1 Å². The topological polar surface area (TPSA) is 75.4 Å². The normalized spacial score (nSPS) is 29.2. The van der Waals surface area contributed by atoms with Gasteiger partial charge in [-0.25, -0.2) is 0 Å². The molecule has 0 spiro atoms. The Kier molecular flexibility index (Phi) is 2.95. The molecule has 0 aliphatic heterocycles. The number of aryl methyl sites for hydroxylation is 2. The van der Waals surface area contributed by atoms with Crippen molar-refractivity contribution in [3.8, 4) is 0 Å². The molecule has 1 aromatic rings. The first-order valence-electron chi connectivity index (χ1n) is 5.88. The molecule has 17 heavy (non-hydrogen) atoms. The third-order valence-electron chi connectivity index (χ3n) is 3.79. The molecule has 0 radical (unpaired) electrons. The lowest BCUT2D eigenvalue weighted by Crippen LogP contribution is -2.42. The fourth-order valence-corrected chi connectivity index (χ4v) is 2.88. The van der Waals surface area contributed by atoms with Crippen molar-refractivity contribution in [1.29, 1.82) is 0 Å². The lowest BCUT2D eigenvalue weighted by Gasteiger charge is -2.35. The highest BCUT2D eigenvalue weighted by Crippen LogP contribution is 2.40. The predicted octanol–water partition coefficient (Wildman–Crippen LogP) is 0.986. The van der Waals surface area contributed by atoms with E-state index >= 15 is 0 Å². The van der Waals surface area contributed by atoms with Crippen LogP contribution in [0, 0.1) is 6.92 Å². The van der Waals surface area contributed by atoms with E-state index in [2.05, 4.69) is 5.10 Å². The molecule has 1 aliphatic carbocycles. The van der Waals surface area contributed by atoms with Crippen LogP contribution in [0.2, 0.25) is 0 Å². The van der Waals surface area contributed by atoms with Gasteiger partial charge >= 0.3 is 5.97 Å². The minimum absolute atomic E-state index is 0.365. The summed E-state index contributed by atoms with van der Waals surface area (Å²) in [5.74, 6) is -0.809. The molecule has 1 aromatic heterocycles. The molecule has 1 aliphatic rings. The van der Waals surface area contributed by atoms with E-state index in [9.17, 15) is 15.0 Å². The number of hydrogen-bond acceptors (Lipinski definition) is 3. The van der Waals surface area contributed by atoms with Crippen LogP contribution in [0.4, 0.5) is 0 Å². The smallest absolute Gasteiger partial charge is 0.315 e. The van der Waals surface area contributed by atoms with Crippen LogP contribution in [0.3, 0.4) is 0 Å². The number of aliphatic hydroxyl groups is 1. The van der Waals surface area contributed by atoms with Crippen molar-refractivity contribution in [3.05, 3.63) is 17.5 Å². The summed E-state index contributed by atoms with van der Waals surface area (Å²) in [6, 6.07) is 0. The Balaban J connectivity index is 2.46. The Hall–Kier alpha value is -1.36. The SMILES string of the molecule is Cc1cnn(C)c1C1(C(=O)O)CCC(O)CC1. The highest BCUT2D eigenvalue weighted by molar-refractivity contribution is 5.81. The quantitative estimate of drug-likeness (QED) is 0.805. The molecule has 0 aromatic carbocycles. The van der Waals surface area contributed by atoms with Gasteiger partial charge in [-0.05, 0) is 38.2 Å². The third-order valence-corrected chi connectivity index (χ3v) is 3.79. The second-order valence-corrected chi connectivity index (χ2v) is 4.92. The van der Waals surface area contributed by atoms with E-state index in [1.54, 1.807) is 17.9 Å². The number of aliphatic carboxylic acids is 1. The molecule has 0 saturated heterocycles. The van der Waals surface area contributed by atoms with E-state index in [4.69, 9.17) is 0 Å². The number of nitrogens with zero attached hydrogens (tertiary/aromatic N) is 2. The average Bonchev–Trinajstić information content (AvgIpc) is 2.61. The maximum absolute atomic E-state index is 11.7. The Bertz CT molecular complexity index is 411. The van der Waals surface area contributed by atoms with Crippen LogP contribution in [-0.2, 0) is 17.3 Å². The molecular formula is C12H18N2O3. The van der Waals surface area contributed by atoms with Crippen LogP contribution in [-0.4, -0.2) is 32.1 Å². The van der Waals surface area contributed by atoms with E-state index in [1.807, 2.05) is 6.92 Å². The highest BCUT2D eigenvalue weighted by Gasteiger charge is 2.46. The maximum Gasteiger partial charge on any atom is 0.315 e. The van der Waals surface area contributed by atoms with Crippen LogP contribution in [0.5, 0.6) is 0 Å². The molecule has 0 bridgehead atoms. The van der Waals surface area contributed by atoms with Crippen LogP contribution in [0.15, 0.2) is 6.20 Å². The van der Waals surface area contributed by atoms with Gasteiger partial charge in [0.25, 0.3) is 0 Å². The van der Waals surface area contributed by atoms with Gasteiger partial charge in [0.2, 0.25) is 0 Å². The lowest BCUT2D eigenvalue weighted by molar-refractivity contribution is -0.146. The van der Waals surface area contributed by atoms with Gasteiger partial charge in [0, 0.05) is 7.05 Å². The summed E-state index contributed by atoms with van der Waals surface area (Å²) in [5.41, 5.74) is 0.803. The summed E-state index contributed by atoms with van der Waals surface area (Å²) in [5, 5.41) is 23.2. The van der Waals surface area contributed by atoms with Crippen LogP contribution in [0.1, 0.15) is 36.9 Å². The average molecular weight is 238 g/mol. The molecule has 1 fully saturated rings. The number of carboxylic acids is 1. The van der Waals surface area contributed by atoms with Crippen molar-refractivity contribution in [3.63, 3.8) is 0 Å². The second-order valence-electron chi connectivity index (χ2n) is 4.92. The van der Waals surface area contributed by atoms with Gasteiger partial charge < -0.3 is 10.2 Å². The summed E-state index contributed by atoms with van der Waals surface area (Å²) in [4.78, 5) is 11.7. The Labute approximate surface area is 100 Å². The van der Waals surface area contributed by atoms with Gasteiger partial charge in [0.05, 0.1) is 18.0 Å². The minimum Gasteiger partial charge on any atom is -0.481 e. The molecular weight excluding hydrogens is 220 g/mol. The monoisotopic (exact) mass is 238 g/mol. The number of rotatable bonds is 2. The first-order valence-corrected chi connectivity index (χ1v) is 5.88. The number of carbonyl (C=O) groups is 1. The fourth-order valence-electron chi connectivity index (χ4n) is 2.88. The maximum atomic E-state index is 11.7. The van der Waals surface area contributed by atoms with E-state index in [0.29, 0.717) is 25.7 Å². The molecule has 2 rings (SSSR count). The predicted molar refractivity (Wildman–Crippen MR) is 61.7 cm³/mol. The third kappa shape index (κ3) is 1.84. The van der Waals surface area contributed by atoms with Crippen molar-refractivity contribution in [2.75, 3.05) is 0 Å². The molecule has 0 unspecified atom stereocenters. The highest BCUT2D eigenvalue weighted by atomic mass is 16.4. The number of aliphatic hydroxyl groups excluding tert-OH is 1. The zero-order valence-corrected chi connectivity index (χ0v) is 10.2. The van der Waals surface area contributed by atoms with Crippen molar-refractivity contribution in [1.82, 2.24) is 9.78 Å². The molecule has 1 heterocycles. The zero-order chi connectivity index (χ0) is 12.6. The first-order chi connectivity index (χ1) is 7.97. The molecule has 1 saturated carbocycles. The molecule has 2 N–H and O–H groups in total. The Morgan fingerprint density at radius 1 is 1.53 bits per heavy atom. The first kappa shape index (κ1) is 12.1. The Morgan fingerprint density at radius 3 is 2.53 bits per heavy atom. The lowest BCUT2D eigenvalue weighted by atomic mass is 9.70. The van der Waals surface area contributed by atoms with E-state index in [1.165, 1.54) is 0 Å².